The fourth-order valence-corrected chi connectivity index (χ4v) is 8.17. The van der Waals surface area contributed by atoms with Gasteiger partial charge in [0.05, 0.1) is 11.1 Å². The summed E-state index contributed by atoms with van der Waals surface area (Å²) in [7, 11) is 0. The highest BCUT2D eigenvalue weighted by atomic mass is 79.9. The normalized spacial score (nSPS) is 19.7. The maximum atomic E-state index is 13.9. The van der Waals surface area contributed by atoms with Crippen molar-refractivity contribution in [2.24, 2.45) is 10.8 Å². The summed E-state index contributed by atoms with van der Waals surface area (Å²) in [6.45, 7) is 8.48. The molecule has 0 aromatic heterocycles. The summed E-state index contributed by atoms with van der Waals surface area (Å²) in [6.07, 6.45) is 2.27. The molecule has 0 saturated carbocycles. The van der Waals surface area contributed by atoms with Gasteiger partial charge in [0.2, 0.25) is 0 Å². The van der Waals surface area contributed by atoms with Gasteiger partial charge in [0.25, 0.3) is 0 Å². The molecule has 2 aliphatic heterocycles. The van der Waals surface area contributed by atoms with Gasteiger partial charge in [-0.25, -0.2) is 0 Å². The van der Waals surface area contributed by atoms with E-state index in [4.69, 9.17) is 9.47 Å². The Kier molecular flexibility index (Phi) is 6.69. The van der Waals surface area contributed by atoms with Gasteiger partial charge in [-0.3, -0.25) is 9.59 Å². The van der Waals surface area contributed by atoms with E-state index in [9.17, 15) is 9.59 Å². The minimum absolute atomic E-state index is 0.0976. The van der Waals surface area contributed by atoms with Crippen molar-refractivity contribution in [2.75, 3.05) is 0 Å². The molecule has 2 aliphatic carbocycles. The number of rotatable bonds is 2. The van der Waals surface area contributed by atoms with E-state index in [2.05, 4.69) is 96.0 Å². The van der Waals surface area contributed by atoms with Crippen LogP contribution < -0.4 is 19.9 Å². The number of benzene rings is 4. The van der Waals surface area contributed by atoms with Crippen molar-refractivity contribution in [1.29, 1.82) is 0 Å². The predicted molar refractivity (Wildman–Crippen MR) is 188 cm³/mol. The van der Waals surface area contributed by atoms with E-state index in [1.54, 1.807) is 0 Å². The Morgan fingerprint density at radius 3 is 1.24 bits per heavy atom. The minimum Gasteiger partial charge on any atom is -0.460 e. The molecule has 0 amide bonds. The second-order valence-electron chi connectivity index (χ2n) is 14.4. The molecule has 0 atom stereocenters. The van der Waals surface area contributed by atoms with Gasteiger partial charge in [0.15, 0.2) is 11.6 Å². The fourth-order valence-electron chi connectivity index (χ4n) is 7.64. The zero-order valence-electron chi connectivity index (χ0n) is 26.1. The summed E-state index contributed by atoms with van der Waals surface area (Å²) in [5.74, 6) is 3.12. The molecule has 0 unspecified atom stereocenters. The highest BCUT2D eigenvalue weighted by Gasteiger charge is 2.41. The molecule has 46 heavy (non-hydrogen) atoms. The summed E-state index contributed by atoms with van der Waals surface area (Å²) in [6, 6.07) is 24.5. The van der Waals surface area contributed by atoms with Crippen molar-refractivity contribution in [3.05, 3.63) is 126 Å². The molecule has 8 rings (SSSR count). The smallest absolute Gasteiger partial charge is 0.167 e. The predicted octanol–water partition coefficient (Wildman–Crippen LogP) is 8.83. The van der Waals surface area contributed by atoms with Gasteiger partial charge in [-0.05, 0) is 81.3 Å². The van der Waals surface area contributed by atoms with Crippen LogP contribution in [0.4, 0.5) is 0 Å². The van der Waals surface area contributed by atoms with Crippen LogP contribution in [-0.2, 0) is 9.59 Å². The fraction of sp³-hybridized carbons (Fsp3) is 0.250. The summed E-state index contributed by atoms with van der Waals surface area (Å²) in [5, 5.41) is 3.68. The van der Waals surface area contributed by atoms with Crippen molar-refractivity contribution in [2.45, 2.75) is 53.4 Å². The van der Waals surface area contributed by atoms with E-state index in [0.29, 0.717) is 36.8 Å². The van der Waals surface area contributed by atoms with Gasteiger partial charge in [-0.2, -0.15) is 0 Å². The maximum absolute atomic E-state index is 13.9. The Morgan fingerprint density at radius 2 is 0.870 bits per heavy atom. The number of allylic oxidation sites excluding steroid dienone is 4. The molecule has 4 aliphatic rings. The Hall–Kier alpha value is -3.74. The maximum Gasteiger partial charge on any atom is 0.167 e. The minimum atomic E-state index is -0.188. The lowest BCUT2D eigenvalue weighted by molar-refractivity contribution is -0.118. The van der Waals surface area contributed by atoms with E-state index >= 15 is 0 Å². The first kappa shape index (κ1) is 29.6. The molecule has 4 nitrogen and oxygen atoms in total. The molecular formula is C40H32Br2O4. The van der Waals surface area contributed by atoms with Crippen LogP contribution in [0, 0.1) is 10.8 Å². The Labute approximate surface area is 284 Å². The standard InChI is InChI=1S/C40H32Br2O4/c1-39(2)17-27(43)37-31(19-39)45-29-15-13-26-25(35(29)33(37)21-5-9-23(41)10-6-21)14-16-30-36(26)34(22-7-11-24(42)12-8-22)38-28(44)18-40(3,4)20-32(38)46-30/h5-16H,17-20H2,1-4H3. The van der Waals surface area contributed by atoms with Gasteiger partial charge in [0, 0.05) is 56.2 Å². The van der Waals surface area contributed by atoms with Crippen LogP contribution in [0.15, 0.2) is 104 Å². The highest BCUT2D eigenvalue weighted by Crippen LogP contribution is 2.46. The third-order valence-electron chi connectivity index (χ3n) is 9.53. The SMILES string of the molecule is CC1(C)CC(=O)C2=C(C1)Oc1ccc3c4c(ccc3c1=C2c1ccc(Br)cc1)OC1=C(C(=O)CC(C)(C)C1)C=4c1ccc(Br)cc1. The second kappa shape index (κ2) is 10.4. The number of carbonyl (C=O) groups excluding carboxylic acids is 2. The van der Waals surface area contributed by atoms with Crippen LogP contribution in [0.25, 0.3) is 21.9 Å². The molecule has 0 N–H and O–H groups in total. The van der Waals surface area contributed by atoms with Crippen LogP contribution in [0.5, 0.6) is 11.5 Å². The number of hydrogen-bond acceptors (Lipinski definition) is 4. The second-order valence-corrected chi connectivity index (χ2v) is 16.3. The topological polar surface area (TPSA) is 52.6 Å². The number of ketones is 2. The number of halogens is 2. The van der Waals surface area contributed by atoms with Gasteiger partial charge >= 0.3 is 0 Å². The first-order chi connectivity index (χ1) is 21.9. The van der Waals surface area contributed by atoms with E-state index in [1.807, 2.05) is 36.4 Å². The van der Waals surface area contributed by atoms with Gasteiger partial charge < -0.3 is 9.47 Å². The molecule has 0 bridgehead atoms. The number of hydrogen-bond donors (Lipinski definition) is 0. The molecule has 230 valence electrons. The Balaban J connectivity index is 1.53. The molecule has 0 radical (unpaired) electrons. The zero-order chi connectivity index (χ0) is 32.1. The average molecular weight is 736 g/mol. The van der Waals surface area contributed by atoms with E-state index in [0.717, 1.165) is 75.4 Å². The van der Waals surface area contributed by atoms with Crippen molar-refractivity contribution in [3.63, 3.8) is 0 Å². The lowest BCUT2D eigenvalue weighted by atomic mass is 9.72. The summed E-state index contributed by atoms with van der Waals surface area (Å²) < 4.78 is 15.2. The first-order valence-corrected chi connectivity index (χ1v) is 17.2. The molecular weight excluding hydrogens is 704 g/mol. The van der Waals surface area contributed by atoms with Crippen molar-refractivity contribution in [3.8, 4) is 11.5 Å². The molecule has 0 fully saturated rings. The summed E-state index contributed by atoms with van der Waals surface area (Å²) in [4.78, 5) is 27.9. The first-order valence-electron chi connectivity index (χ1n) is 15.6. The van der Waals surface area contributed by atoms with Crippen LogP contribution in [0.1, 0.15) is 64.5 Å². The molecule has 4 aromatic rings. The highest BCUT2D eigenvalue weighted by molar-refractivity contribution is 9.10. The lowest BCUT2D eigenvalue weighted by Crippen LogP contribution is -2.35. The Bertz CT molecular complexity index is 2070. The largest absolute Gasteiger partial charge is 0.460 e. The third-order valence-corrected chi connectivity index (χ3v) is 10.6. The van der Waals surface area contributed by atoms with Gasteiger partial charge in [0.1, 0.15) is 23.0 Å². The number of Topliss-reactive ketones (excluding diaryl/α,β-unsaturated/α-hetero) is 2. The zero-order valence-corrected chi connectivity index (χ0v) is 29.3. The number of carbonyl (C=O) groups is 2. The monoisotopic (exact) mass is 734 g/mol. The van der Waals surface area contributed by atoms with Gasteiger partial charge in [-0.1, -0.05) is 83.8 Å². The molecule has 2 heterocycles. The average Bonchev–Trinajstić information content (AvgIpc) is 2.98. The quantitative estimate of drug-likeness (QED) is 0.207. The summed E-state index contributed by atoms with van der Waals surface area (Å²) in [5.41, 5.74) is 4.67. The van der Waals surface area contributed by atoms with Crippen LogP contribution >= 0.6 is 31.9 Å². The van der Waals surface area contributed by atoms with Crippen molar-refractivity contribution in [1.82, 2.24) is 0 Å². The van der Waals surface area contributed by atoms with Crippen LogP contribution in [0.3, 0.4) is 0 Å². The number of ether oxygens (including phenoxy) is 2. The van der Waals surface area contributed by atoms with Crippen molar-refractivity contribution < 1.29 is 19.1 Å². The molecule has 6 heteroatoms. The lowest BCUT2D eigenvalue weighted by Gasteiger charge is -2.36. The summed E-state index contributed by atoms with van der Waals surface area (Å²) >= 11 is 7.17. The molecule has 0 spiro atoms. The number of fused-ring (bicyclic) bond motifs is 5. The molecule has 4 aromatic carbocycles. The van der Waals surface area contributed by atoms with E-state index in [-0.39, 0.29) is 22.4 Å². The van der Waals surface area contributed by atoms with E-state index < -0.39 is 0 Å². The van der Waals surface area contributed by atoms with E-state index in [1.165, 1.54) is 0 Å². The van der Waals surface area contributed by atoms with Gasteiger partial charge in [-0.15, -0.1) is 0 Å². The van der Waals surface area contributed by atoms with Crippen molar-refractivity contribution >= 4 is 65.3 Å². The van der Waals surface area contributed by atoms with Crippen LogP contribution in [0.2, 0.25) is 0 Å². The molecule has 0 saturated heterocycles. The Morgan fingerprint density at radius 1 is 0.500 bits per heavy atom. The van der Waals surface area contributed by atoms with Crippen LogP contribution in [-0.4, -0.2) is 11.6 Å². The third kappa shape index (κ3) is 4.75.